The molecule has 0 bridgehead atoms. The summed E-state index contributed by atoms with van der Waals surface area (Å²) in [6, 6.07) is 15.0. The second kappa shape index (κ2) is 6.51. The predicted octanol–water partition coefficient (Wildman–Crippen LogP) is 3.04. The Morgan fingerprint density at radius 2 is 1.92 bits per heavy atom. The fraction of sp³-hybridized carbons (Fsp3) is 0.211. The van der Waals surface area contributed by atoms with Crippen molar-refractivity contribution in [3.8, 4) is 17.2 Å². The molecule has 1 unspecified atom stereocenters. The number of nitrogens with zero attached hydrogens (tertiary/aromatic N) is 3. The summed E-state index contributed by atoms with van der Waals surface area (Å²) in [7, 11) is 0. The van der Waals surface area contributed by atoms with Crippen LogP contribution in [-0.4, -0.2) is 32.7 Å². The van der Waals surface area contributed by atoms with E-state index in [1.807, 2.05) is 42.5 Å². The molecule has 0 saturated carbocycles. The summed E-state index contributed by atoms with van der Waals surface area (Å²) < 4.78 is 13.2. The van der Waals surface area contributed by atoms with Gasteiger partial charge in [-0.1, -0.05) is 36.4 Å². The summed E-state index contributed by atoms with van der Waals surface area (Å²) >= 11 is 0. The molecular weight excluding hydrogens is 334 g/mol. The molecule has 2 aromatic carbocycles. The van der Waals surface area contributed by atoms with Gasteiger partial charge in [-0.25, -0.2) is 9.48 Å². The molecule has 1 aromatic heterocycles. The van der Waals surface area contributed by atoms with Crippen LogP contribution in [0.3, 0.4) is 0 Å². The van der Waals surface area contributed by atoms with Crippen molar-refractivity contribution in [3.05, 3.63) is 65.5 Å². The highest BCUT2D eigenvalue weighted by Crippen LogP contribution is 2.37. The first kappa shape index (κ1) is 16.1. The van der Waals surface area contributed by atoms with Crippen LogP contribution in [0.15, 0.2) is 48.5 Å². The third-order valence-corrected chi connectivity index (χ3v) is 4.31. The van der Waals surface area contributed by atoms with Gasteiger partial charge in [0, 0.05) is 0 Å². The third-order valence-electron chi connectivity index (χ3n) is 4.31. The molecule has 0 amide bonds. The van der Waals surface area contributed by atoms with Gasteiger partial charge in [-0.15, -0.1) is 5.10 Å². The van der Waals surface area contributed by atoms with Gasteiger partial charge in [0.2, 0.25) is 0 Å². The minimum Gasteiger partial charge on any atom is -0.485 e. The van der Waals surface area contributed by atoms with Crippen LogP contribution in [-0.2, 0) is 6.42 Å². The van der Waals surface area contributed by atoms with Crippen molar-refractivity contribution in [2.45, 2.75) is 19.4 Å². The van der Waals surface area contributed by atoms with E-state index in [0.29, 0.717) is 17.2 Å². The molecule has 1 aliphatic heterocycles. The third kappa shape index (κ3) is 2.77. The Labute approximate surface area is 149 Å². The molecule has 2 heterocycles. The summed E-state index contributed by atoms with van der Waals surface area (Å²) in [5.74, 6) is 0.0417. The minimum absolute atomic E-state index is 0.141. The number of aromatic carboxylic acids is 1. The van der Waals surface area contributed by atoms with Crippen LogP contribution >= 0.6 is 0 Å². The maximum Gasteiger partial charge on any atom is 0.358 e. The van der Waals surface area contributed by atoms with E-state index in [2.05, 4.69) is 17.2 Å². The minimum atomic E-state index is -1.15. The van der Waals surface area contributed by atoms with Gasteiger partial charge in [0.25, 0.3) is 0 Å². The number of hydrogen-bond donors (Lipinski definition) is 1. The molecule has 1 N–H and O–H groups in total. The zero-order valence-corrected chi connectivity index (χ0v) is 14.1. The first-order valence-corrected chi connectivity index (χ1v) is 8.34. The van der Waals surface area contributed by atoms with Gasteiger partial charge >= 0.3 is 5.97 Å². The molecule has 1 atom stereocenters. The largest absolute Gasteiger partial charge is 0.485 e. The Balaban J connectivity index is 1.77. The molecule has 0 saturated heterocycles. The fourth-order valence-corrected chi connectivity index (χ4v) is 2.95. The number of carboxylic acids is 1. The number of carboxylic acid groups (broad SMARTS) is 1. The average molecular weight is 351 g/mol. The summed E-state index contributed by atoms with van der Waals surface area (Å²) in [6.45, 7) is 2.25. The normalized spacial score (nSPS) is 15.7. The zero-order chi connectivity index (χ0) is 18.1. The van der Waals surface area contributed by atoms with Crippen LogP contribution < -0.4 is 9.47 Å². The Hall–Kier alpha value is -3.35. The van der Waals surface area contributed by atoms with Crippen molar-refractivity contribution >= 4 is 5.97 Å². The highest BCUT2D eigenvalue weighted by atomic mass is 16.6. The number of hydrogen-bond acceptors (Lipinski definition) is 5. The van der Waals surface area contributed by atoms with Crippen molar-refractivity contribution in [2.24, 2.45) is 0 Å². The number of ether oxygens (including phenoxy) is 2. The van der Waals surface area contributed by atoms with E-state index in [1.54, 1.807) is 6.07 Å². The molecule has 1 aliphatic rings. The Bertz CT molecular complexity index is 950. The number of aromatic nitrogens is 3. The van der Waals surface area contributed by atoms with Gasteiger partial charge in [0.1, 0.15) is 12.3 Å². The summed E-state index contributed by atoms with van der Waals surface area (Å²) in [6.07, 6.45) is 0.290. The van der Waals surface area contributed by atoms with Gasteiger partial charge in [-0.2, -0.15) is 0 Å². The monoisotopic (exact) mass is 351 g/mol. The number of aryl methyl sites for hydroxylation is 1. The van der Waals surface area contributed by atoms with E-state index < -0.39 is 12.1 Å². The van der Waals surface area contributed by atoms with Crippen molar-refractivity contribution < 1.29 is 19.4 Å². The number of carbonyl (C=O) groups is 1. The molecule has 7 nitrogen and oxygen atoms in total. The lowest BCUT2D eigenvalue weighted by Gasteiger charge is -2.26. The molecule has 26 heavy (non-hydrogen) atoms. The zero-order valence-electron chi connectivity index (χ0n) is 14.1. The van der Waals surface area contributed by atoms with Crippen LogP contribution in [0.5, 0.6) is 11.5 Å². The lowest BCUT2D eigenvalue weighted by Crippen LogP contribution is -2.25. The quantitative estimate of drug-likeness (QED) is 0.777. The maximum atomic E-state index is 11.6. The summed E-state index contributed by atoms with van der Waals surface area (Å²) in [5.41, 5.74) is 2.12. The van der Waals surface area contributed by atoms with Crippen LogP contribution in [0, 0.1) is 0 Å². The molecular formula is C19H17N3O4. The molecule has 0 spiro atoms. The predicted molar refractivity (Wildman–Crippen MR) is 93.0 cm³/mol. The average Bonchev–Trinajstić information content (AvgIpc) is 3.13. The second-order valence-corrected chi connectivity index (χ2v) is 5.92. The van der Waals surface area contributed by atoms with E-state index >= 15 is 0 Å². The van der Waals surface area contributed by atoms with Crippen LogP contribution in [0.25, 0.3) is 5.69 Å². The van der Waals surface area contributed by atoms with Gasteiger partial charge in [-0.05, 0) is 36.2 Å². The summed E-state index contributed by atoms with van der Waals surface area (Å²) in [4.78, 5) is 11.6. The number of fused-ring (bicyclic) bond motifs is 1. The number of benzene rings is 2. The van der Waals surface area contributed by atoms with Gasteiger partial charge < -0.3 is 14.6 Å². The Morgan fingerprint density at radius 1 is 1.19 bits per heavy atom. The van der Waals surface area contributed by atoms with E-state index in [0.717, 1.165) is 12.1 Å². The second-order valence-electron chi connectivity index (χ2n) is 5.92. The van der Waals surface area contributed by atoms with Crippen LogP contribution in [0.2, 0.25) is 0 Å². The Morgan fingerprint density at radius 3 is 2.62 bits per heavy atom. The first-order valence-electron chi connectivity index (χ1n) is 8.34. The fourth-order valence-electron chi connectivity index (χ4n) is 2.95. The first-order chi connectivity index (χ1) is 12.7. The topological polar surface area (TPSA) is 86.5 Å². The van der Waals surface area contributed by atoms with Crippen LogP contribution in [0.1, 0.15) is 34.8 Å². The van der Waals surface area contributed by atoms with Crippen molar-refractivity contribution in [1.82, 2.24) is 15.0 Å². The highest BCUT2D eigenvalue weighted by molar-refractivity contribution is 5.86. The lowest BCUT2D eigenvalue weighted by atomic mass is 10.1. The van der Waals surface area contributed by atoms with Crippen molar-refractivity contribution in [2.75, 3.05) is 6.61 Å². The molecule has 0 fully saturated rings. The molecule has 0 aliphatic carbocycles. The molecule has 7 heteroatoms. The van der Waals surface area contributed by atoms with Gasteiger partial charge in [0.05, 0.1) is 5.69 Å². The van der Waals surface area contributed by atoms with Crippen molar-refractivity contribution in [3.63, 3.8) is 0 Å². The number of rotatable bonds is 4. The summed E-state index contributed by atoms with van der Waals surface area (Å²) in [5, 5.41) is 17.4. The smallest absolute Gasteiger partial charge is 0.358 e. The SMILES string of the molecule is CCc1ccc(-n2nnc(C(=O)O)c2C2COc3ccccc3O2)cc1. The van der Waals surface area contributed by atoms with Gasteiger partial charge in [-0.3, -0.25) is 0 Å². The van der Waals surface area contributed by atoms with E-state index in [1.165, 1.54) is 10.2 Å². The molecule has 132 valence electrons. The maximum absolute atomic E-state index is 11.6. The van der Waals surface area contributed by atoms with Gasteiger partial charge in [0.15, 0.2) is 23.3 Å². The standard InChI is InChI=1S/C19H17N3O4/c1-2-12-7-9-13(10-8-12)22-18(17(19(23)24)20-21-22)16-11-25-14-5-3-4-6-15(14)26-16/h3-10,16H,2,11H2,1H3,(H,23,24). The molecule has 4 rings (SSSR count). The Kier molecular flexibility index (Phi) is 4.04. The molecule has 3 aromatic rings. The van der Waals surface area contributed by atoms with Crippen molar-refractivity contribution in [1.29, 1.82) is 0 Å². The highest BCUT2D eigenvalue weighted by Gasteiger charge is 2.32. The van der Waals surface area contributed by atoms with Crippen LogP contribution in [0.4, 0.5) is 0 Å². The lowest BCUT2D eigenvalue weighted by molar-refractivity contribution is 0.0661. The van der Waals surface area contributed by atoms with E-state index in [9.17, 15) is 9.90 Å². The van der Waals surface area contributed by atoms with E-state index in [-0.39, 0.29) is 12.3 Å². The van der Waals surface area contributed by atoms with E-state index in [4.69, 9.17) is 9.47 Å². The molecule has 0 radical (unpaired) electrons. The number of para-hydroxylation sites is 2.